The summed E-state index contributed by atoms with van der Waals surface area (Å²) in [4.78, 5) is 27.0. The summed E-state index contributed by atoms with van der Waals surface area (Å²) in [6.45, 7) is 3.09. The van der Waals surface area contributed by atoms with Crippen LogP contribution in [0.15, 0.2) is 18.2 Å². The molecule has 1 aliphatic heterocycles. The van der Waals surface area contributed by atoms with Crippen LogP contribution < -0.4 is 5.32 Å². The average Bonchev–Trinajstić information content (AvgIpc) is 2.70. The van der Waals surface area contributed by atoms with Crippen LogP contribution in [0.4, 0.5) is 11.4 Å². The molecule has 1 aromatic carbocycles. The fraction of sp³-hybridized carbons (Fsp3) is 0.500. The SMILES string of the molecule is CNc1ccc([N+](=O)[O-])cc1C(=O)N1CCCN(C)CC1. The second-order valence-corrected chi connectivity index (χ2v) is 5.19. The highest BCUT2D eigenvalue weighted by Gasteiger charge is 2.23. The van der Waals surface area contributed by atoms with E-state index in [4.69, 9.17) is 0 Å². The summed E-state index contributed by atoms with van der Waals surface area (Å²) in [5.41, 5.74) is 0.906. The molecule has 7 nitrogen and oxygen atoms in total. The van der Waals surface area contributed by atoms with E-state index >= 15 is 0 Å². The summed E-state index contributed by atoms with van der Waals surface area (Å²) in [6.07, 6.45) is 0.909. The van der Waals surface area contributed by atoms with Crippen LogP contribution in [0.5, 0.6) is 0 Å². The van der Waals surface area contributed by atoms with Crippen molar-refractivity contribution in [1.29, 1.82) is 0 Å². The molecule has 0 saturated carbocycles. The minimum atomic E-state index is -0.480. The number of carbonyl (C=O) groups is 1. The lowest BCUT2D eigenvalue weighted by Gasteiger charge is -2.21. The van der Waals surface area contributed by atoms with Crippen LogP contribution in [0, 0.1) is 10.1 Å². The summed E-state index contributed by atoms with van der Waals surface area (Å²) < 4.78 is 0. The molecule has 1 heterocycles. The second-order valence-electron chi connectivity index (χ2n) is 5.19. The Hall–Kier alpha value is -2.15. The first-order valence-electron chi connectivity index (χ1n) is 6.97. The van der Waals surface area contributed by atoms with E-state index < -0.39 is 4.92 Å². The van der Waals surface area contributed by atoms with Crippen LogP contribution in [-0.4, -0.2) is 60.9 Å². The van der Waals surface area contributed by atoms with Gasteiger partial charge in [0.2, 0.25) is 0 Å². The van der Waals surface area contributed by atoms with Gasteiger partial charge in [0.25, 0.3) is 11.6 Å². The normalized spacial score (nSPS) is 16.4. The van der Waals surface area contributed by atoms with Crippen molar-refractivity contribution < 1.29 is 9.72 Å². The van der Waals surface area contributed by atoms with Crippen molar-refractivity contribution in [2.75, 3.05) is 45.6 Å². The molecule has 21 heavy (non-hydrogen) atoms. The minimum absolute atomic E-state index is 0.0655. The molecule has 0 atom stereocenters. The standard InChI is InChI=1S/C14H20N4O3/c1-15-13-5-4-11(18(20)21)10-12(13)14(19)17-7-3-6-16(2)8-9-17/h4-5,10,15H,3,6-9H2,1-2H3. The van der Waals surface area contributed by atoms with Gasteiger partial charge in [0.05, 0.1) is 10.5 Å². The summed E-state index contributed by atoms with van der Waals surface area (Å²) in [5.74, 6) is -0.154. The summed E-state index contributed by atoms with van der Waals surface area (Å²) in [5, 5.41) is 13.8. The van der Waals surface area contributed by atoms with E-state index in [9.17, 15) is 14.9 Å². The molecule has 0 aromatic heterocycles. The molecule has 0 spiro atoms. The van der Waals surface area contributed by atoms with Crippen LogP contribution in [0.25, 0.3) is 0 Å². The molecular formula is C14H20N4O3. The van der Waals surface area contributed by atoms with E-state index in [0.29, 0.717) is 24.3 Å². The lowest BCUT2D eigenvalue weighted by atomic mass is 10.1. The molecule has 2 rings (SSSR count). The zero-order valence-electron chi connectivity index (χ0n) is 12.3. The van der Waals surface area contributed by atoms with Gasteiger partial charge >= 0.3 is 0 Å². The Morgan fingerprint density at radius 3 is 2.71 bits per heavy atom. The Balaban J connectivity index is 2.28. The maximum Gasteiger partial charge on any atom is 0.270 e. The van der Waals surface area contributed by atoms with E-state index in [0.717, 1.165) is 19.5 Å². The van der Waals surface area contributed by atoms with Gasteiger partial charge in [-0.2, -0.15) is 0 Å². The molecule has 1 fully saturated rings. The highest BCUT2D eigenvalue weighted by Crippen LogP contribution is 2.23. The molecule has 1 saturated heterocycles. The van der Waals surface area contributed by atoms with Gasteiger partial charge in [-0.1, -0.05) is 0 Å². The number of non-ortho nitro benzene ring substituents is 1. The zero-order valence-corrected chi connectivity index (χ0v) is 12.3. The Bertz CT molecular complexity index is 547. The average molecular weight is 292 g/mol. The number of hydrogen-bond acceptors (Lipinski definition) is 5. The topological polar surface area (TPSA) is 78.7 Å². The zero-order chi connectivity index (χ0) is 15.4. The van der Waals surface area contributed by atoms with E-state index in [2.05, 4.69) is 10.2 Å². The molecule has 0 radical (unpaired) electrons. The van der Waals surface area contributed by atoms with Gasteiger partial charge in [-0.25, -0.2) is 0 Å². The van der Waals surface area contributed by atoms with Crippen molar-refractivity contribution in [3.8, 4) is 0 Å². The Morgan fingerprint density at radius 2 is 2.05 bits per heavy atom. The van der Waals surface area contributed by atoms with Crippen molar-refractivity contribution in [3.05, 3.63) is 33.9 Å². The lowest BCUT2D eigenvalue weighted by Crippen LogP contribution is -2.34. The smallest absolute Gasteiger partial charge is 0.270 e. The predicted molar refractivity (Wildman–Crippen MR) is 80.7 cm³/mol. The van der Waals surface area contributed by atoms with Gasteiger partial charge < -0.3 is 15.1 Å². The maximum absolute atomic E-state index is 12.7. The van der Waals surface area contributed by atoms with Gasteiger partial charge in [0.15, 0.2) is 0 Å². The number of carbonyl (C=O) groups excluding carboxylic acids is 1. The molecule has 0 unspecified atom stereocenters. The fourth-order valence-corrected chi connectivity index (χ4v) is 2.46. The number of nitrogens with zero attached hydrogens (tertiary/aromatic N) is 3. The first-order chi connectivity index (χ1) is 10.0. The van der Waals surface area contributed by atoms with E-state index in [1.807, 2.05) is 7.05 Å². The van der Waals surface area contributed by atoms with Crippen LogP contribution in [-0.2, 0) is 0 Å². The summed E-state index contributed by atoms with van der Waals surface area (Å²) in [7, 11) is 3.73. The minimum Gasteiger partial charge on any atom is -0.387 e. The monoisotopic (exact) mass is 292 g/mol. The van der Waals surface area contributed by atoms with Crippen LogP contribution in [0.1, 0.15) is 16.8 Å². The van der Waals surface area contributed by atoms with Gasteiger partial charge in [0.1, 0.15) is 0 Å². The first-order valence-corrected chi connectivity index (χ1v) is 6.97. The number of rotatable bonds is 3. The largest absolute Gasteiger partial charge is 0.387 e. The molecule has 1 N–H and O–H groups in total. The third kappa shape index (κ3) is 3.49. The molecule has 0 aliphatic carbocycles. The number of nitro benzene ring substituents is 1. The molecule has 114 valence electrons. The Labute approximate surface area is 123 Å². The maximum atomic E-state index is 12.7. The summed E-state index contributed by atoms with van der Waals surface area (Å²) in [6, 6.07) is 4.33. The van der Waals surface area contributed by atoms with Crippen molar-refractivity contribution in [2.45, 2.75) is 6.42 Å². The number of nitro groups is 1. The van der Waals surface area contributed by atoms with Gasteiger partial charge in [-0.05, 0) is 26.1 Å². The molecule has 1 aliphatic rings. The molecule has 7 heteroatoms. The number of hydrogen-bond donors (Lipinski definition) is 1. The van der Waals surface area contributed by atoms with Gasteiger partial charge in [-0.3, -0.25) is 14.9 Å². The number of nitrogens with one attached hydrogen (secondary N) is 1. The van der Waals surface area contributed by atoms with Crippen molar-refractivity contribution >= 4 is 17.3 Å². The highest BCUT2D eigenvalue weighted by atomic mass is 16.6. The fourth-order valence-electron chi connectivity index (χ4n) is 2.46. The highest BCUT2D eigenvalue weighted by molar-refractivity contribution is 6.00. The summed E-state index contributed by atoms with van der Waals surface area (Å²) >= 11 is 0. The van der Waals surface area contributed by atoms with E-state index in [1.54, 1.807) is 18.0 Å². The molecule has 1 aromatic rings. The third-order valence-electron chi connectivity index (χ3n) is 3.72. The molecule has 1 amide bonds. The third-order valence-corrected chi connectivity index (χ3v) is 3.72. The van der Waals surface area contributed by atoms with E-state index in [1.165, 1.54) is 12.1 Å². The van der Waals surface area contributed by atoms with Crippen LogP contribution >= 0.6 is 0 Å². The second kappa shape index (κ2) is 6.53. The molecular weight excluding hydrogens is 272 g/mol. The molecule has 0 bridgehead atoms. The predicted octanol–water partition coefficient (Wildman–Crippen LogP) is 1.41. The van der Waals surface area contributed by atoms with Crippen molar-refractivity contribution in [3.63, 3.8) is 0 Å². The number of amides is 1. The number of benzene rings is 1. The Kier molecular flexibility index (Phi) is 4.74. The first kappa shape index (κ1) is 15.2. The van der Waals surface area contributed by atoms with Crippen LogP contribution in [0.2, 0.25) is 0 Å². The number of likely N-dealkylation sites (N-methyl/N-ethyl adjacent to an activating group) is 1. The van der Waals surface area contributed by atoms with Gasteiger partial charge in [-0.15, -0.1) is 0 Å². The quantitative estimate of drug-likeness (QED) is 0.673. The van der Waals surface area contributed by atoms with E-state index in [-0.39, 0.29) is 11.6 Å². The lowest BCUT2D eigenvalue weighted by molar-refractivity contribution is -0.384. The Morgan fingerprint density at radius 1 is 1.29 bits per heavy atom. The van der Waals surface area contributed by atoms with Crippen molar-refractivity contribution in [2.24, 2.45) is 0 Å². The van der Waals surface area contributed by atoms with Crippen LogP contribution in [0.3, 0.4) is 0 Å². The van der Waals surface area contributed by atoms with Crippen molar-refractivity contribution in [1.82, 2.24) is 9.80 Å². The number of anilines is 1. The van der Waals surface area contributed by atoms with Gasteiger partial charge in [0, 0.05) is 44.5 Å².